The van der Waals surface area contributed by atoms with E-state index in [0.717, 1.165) is 18.7 Å². The third kappa shape index (κ3) is 3.12. The van der Waals surface area contributed by atoms with Crippen molar-refractivity contribution in [1.29, 1.82) is 0 Å². The molecule has 1 aliphatic rings. The Morgan fingerprint density at radius 3 is 2.24 bits per heavy atom. The standard InChI is InChI=1S/C10H16F3N2O2/c1-9(2,10(11,12)13)17-8(16)14-5-6-15(3,4)7-14/h5-6H,7H2,1-4H3/q+1. The van der Waals surface area contributed by atoms with Gasteiger partial charge in [-0.3, -0.25) is 4.48 Å². The van der Waals surface area contributed by atoms with Crippen molar-refractivity contribution < 1.29 is 27.2 Å². The second kappa shape index (κ2) is 3.90. The number of amides is 1. The van der Waals surface area contributed by atoms with Crippen molar-refractivity contribution in [2.45, 2.75) is 25.6 Å². The van der Waals surface area contributed by atoms with Crippen LogP contribution >= 0.6 is 0 Å². The van der Waals surface area contributed by atoms with Gasteiger partial charge in [0.1, 0.15) is 6.20 Å². The molecule has 0 spiro atoms. The molecule has 0 saturated carbocycles. The summed E-state index contributed by atoms with van der Waals surface area (Å²) in [4.78, 5) is 12.7. The molecule has 1 aliphatic heterocycles. The zero-order valence-electron chi connectivity index (χ0n) is 10.2. The van der Waals surface area contributed by atoms with Crippen LogP contribution in [0.3, 0.4) is 0 Å². The van der Waals surface area contributed by atoms with E-state index in [1.54, 1.807) is 6.20 Å². The fraction of sp³-hybridized carbons (Fsp3) is 0.700. The zero-order valence-corrected chi connectivity index (χ0v) is 10.2. The number of carbonyl (C=O) groups is 1. The highest BCUT2D eigenvalue weighted by molar-refractivity contribution is 5.69. The molecule has 7 heteroatoms. The fourth-order valence-corrected chi connectivity index (χ4v) is 1.20. The summed E-state index contributed by atoms with van der Waals surface area (Å²) in [7, 11) is 3.64. The Bertz CT molecular complexity index is 348. The summed E-state index contributed by atoms with van der Waals surface area (Å²) < 4.78 is 42.4. The van der Waals surface area contributed by atoms with Crippen molar-refractivity contribution in [1.82, 2.24) is 4.90 Å². The van der Waals surface area contributed by atoms with Crippen LogP contribution in [0.5, 0.6) is 0 Å². The van der Waals surface area contributed by atoms with Crippen molar-refractivity contribution in [3.8, 4) is 0 Å². The summed E-state index contributed by atoms with van der Waals surface area (Å²) in [5.41, 5.74) is -2.49. The first kappa shape index (κ1) is 13.8. The predicted molar refractivity (Wildman–Crippen MR) is 54.6 cm³/mol. The maximum Gasteiger partial charge on any atom is 0.427 e. The number of quaternary nitrogens is 1. The Labute approximate surface area is 97.8 Å². The average Bonchev–Trinajstić information content (AvgIpc) is 2.43. The molecule has 0 atom stereocenters. The molecule has 98 valence electrons. The number of halogens is 3. The number of carbonyl (C=O) groups excluding carboxylic acids is 1. The number of hydrogen-bond acceptors (Lipinski definition) is 2. The van der Waals surface area contributed by atoms with Crippen LogP contribution in [0.25, 0.3) is 0 Å². The molecule has 17 heavy (non-hydrogen) atoms. The molecular formula is C10H16F3N2O2+. The summed E-state index contributed by atoms with van der Waals surface area (Å²) in [6.07, 6.45) is -2.46. The number of alkyl halides is 3. The van der Waals surface area contributed by atoms with Gasteiger partial charge in [0.05, 0.1) is 20.3 Å². The van der Waals surface area contributed by atoms with Crippen LogP contribution in [0.1, 0.15) is 13.8 Å². The molecule has 0 bridgehead atoms. The van der Waals surface area contributed by atoms with Crippen molar-refractivity contribution in [2.75, 3.05) is 20.8 Å². The molecule has 0 unspecified atom stereocenters. The van der Waals surface area contributed by atoms with Crippen LogP contribution in [-0.4, -0.2) is 48.0 Å². The number of hydrogen-bond donors (Lipinski definition) is 0. The molecule has 4 nitrogen and oxygen atoms in total. The first-order valence-electron chi connectivity index (χ1n) is 5.03. The monoisotopic (exact) mass is 253 g/mol. The number of nitrogens with zero attached hydrogens (tertiary/aromatic N) is 2. The molecule has 0 N–H and O–H groups in total. The van der Waals surface area contributed by atoms with E-state index in [-0.39, 0.29) is 6.67 Å². The second-order valence-electron chi connectivity index (χ2n) is 5.06. The van der Waals surface area contributed by atoms with Gasteiger partial charge in [-0.2, -0.15) is 13.2 Å². The van der Waals surface area contributed by atoms with Gasteiger partial charge in [-0.1, -0.05) is 0 Å². The maximum atomic E-state index is 12.5. The largest absolute Gasteiger partial charge is 0.433 e. The number of rotatable bonds is 1. The zero-order chi connectivity index (χ0) is 13.5. The van der Waals surface area contributed by atoms with Gasteiger partial charge < -0.3 is 4.74 Å². The summed E-state index contributed by atoms with van der Waals surface area (Å²) in [6.45, 7) is 1.90. The highest BCUT2D eigenvalue weighted by atomic mass is 19.4. The molecule has 0 aliphatic carbocycles. The van der Waals surface area contributed by atoms with E-state index in [9.17, 15) is 18.0 Å². The van der Waals surface area contributed by atoms with Crippen LogP contribution < -0.4 is 0 Å². The van der Waals surface area contributed by atoms with E-state index in [4.69, 9.17) is 0 Å². The summed E-state index contributed by atoms with van der Waals surface area (Å²) in [5, 5.41) is 0. The normalized spacial score (nSPS) is 19.6. The lowest BCUT2D eigenvalue weighted by molar-refractivity contribution is -0.839. The van der Waals surface area contributed by atoms with Crippen LogP contribution in [0.4, 0.5) is 18.0 Å². The predicted octanol–water partition coefficient (Wildman–Crippen LogP) is 2.28. The fourth-order valence-electron chi connectivity index (χ4n) is 1.20. The molecule has 0 aromatic carbocycles. The van der Waals surface area contributed by atoms with E-state index in [0.29, 0.717) is 4.48 Å². The van der Waals surface area contributed by atoms with Crippen molar-refractivity contribution >= 4 is 6.09 Å². The molecule has 0 fully saturated rings. The highest BCUT2D eigenvalue weighted by Crippen LogP contribution is 2.33. The maximum absolute atomic E-state index is 12.5. The Hall–Kier alpha value is -1.24. The second-order valence-corrected chi connectivity index (χ2v) is 5.06. The average molecular weight is 253 g/mol. The summed E-state index contributed by atoms with van der Waals surface area (Å²) in [5.74, 6) is 0. The lowest BCUT2D eigenvalue weighted by Gasteiger charge is -2.29. The first-order valence-corrected chi connectivity index (χ1v) is 5.03. The van der Waals surface area contributed by atoms with Crippen LogP contribution in [0.15, 0.2) is 12.4 Å². The molecular weight excluding hydrogens is 237 g/mol. The van der Waals surface area contributed by atoms with Gasteiger partial charge in [0, 0.05) is 0 Å². The first-order chi connectivity index (χ1) is 7.45. The topological polar surface area (TPSA) is 29.5 Å². The third-order valence-corrected chi connectivity index (χ3v) is 2.43. The van der Waals surface area contributed by atoms with Gasteiger partial charge in [-0.25, -0.2) is 9.69 Å². The van der Waals surface area contributed by atoms with Crippen molar-refractivity contribution in [3.63, 3.8) is 0 Å². The minimum atomic E-state index is -4.59. The van der Waals surface area contributed by atoms with E-state index in [2.05, 4.69) is 4.74 Å². The minimum absolute atomic E-state index is 0.257. The molecule has 0 radical (unpaired) electrons. The molecule has 0 saturated heterocycles. The minimum Gasteiger partial charge on any atom is -0.433 e. The van der Waals surface area contributed by atoms with E-state index < -0.39 is 17.9 Å². The molecule has 0 aromatic heterocycles. The van der Waals surface area contributed by atoms with E-state index in [1.165, 1.54) is 6.20 Å². The SMILES string of the molecule is CC(C)(OC(=O)N1C=C[N+](C)(C)C1)C(F)(F)F. The highest BCUT2D eigenvalue weighted by Gasteiger charge is 2.51. The summed E-state index contributed by atoms with van der Waals surface area (Å²) >= 11 is 0. The number of ether oxygens (including phenoxy) is 1. The van der Waals surface area contributed by atoms with Crippen molar-refractivity contribution in [2.24, 2.45) is 0 Å². The smallest absolute Gasteiger partial charge is 0.427 e. The van der Waals surface area contributed by atoms with E-state index >= 15 is 0 Å². The Balaban J connectivity index is 2.66. The summed E-state index contributed by atoms with van der Waals surface area (Å²) in [6, 6.07) is 0. The van der Waals surface area contributed by atoms with Gasteiger partial charge >= 0.3 is 12.3 Å². The Kier molecular flexibility index (Phi) is 3.17. The Morgan fingerprint density at radius 1 is 1.35 bits per heavy atom. The molecule has 1 rings (SSSR count). The molecule has 1 heterocycles. The molecule has 0 aromatic rings. The van der Waals surface area contributed by atoms with Crippen molar-refractivity contribution in [3.05, 3.63) is 12.4 Å². The van der Waals surface area contributed by atoms with Gasteiger partial charge in [0.25, 0.3) is 0 Å². The van der Waals surface area contributed by atoms with Crippen LogP contribution in [0, 0.1) is 0 Å². The van der Waals surface area contributed by atoms with Gasteiger partial charge in [0.2, 0.25) is 5.60 Å². The van der Waals surface area contributed by atoms with Crippen LogP contribution in [-0.2, 0) is 4.74 Å². The quantitative estimate of drug-likeness (QED) is 0.671. The lowest BCUT2D eigenvalue weighted by Crippen LogP contribution is -2.47. The van der Waals surface area contributed by atoms with Gasteiger partial charge in [-0.15, -0.1) is 0 Å². The lowest BCUT2D eigenvalue weighted by atomic mass is 10.1. The van der Waals surface area contributed by atoms with Crippen LogP contribution in [0.2, 0.25) is 0 Å². The van der Waals surface area contributed by atoms with Gasteiger partial charge in [0.15, 0.2) is 6.67 Å². The Morgan fingerprint density at radius 2 is 1.88 bits per heavy atom. The van der Waals surface area contributed by atoms with E-state index in [1.807, 2.05) is 14.1 Å². The third-order valence-electron chi connectivity index (χ3n) is 2.43. The van der Waals surface area contributed by atoms with Gasteiger partial charge in [-0.05, 0) is 13.8 Å². The molecule has 1 amide bonds.